The molecule has 30 heavy (non-hydrogen) atoms. The Morgan fingerprint density at radius 2 is 1.80 bits per heavy atom. The predicted molar refractivity (Wildman–Crippen MR) is 123 cm³/mol. The Kier molecular flexibility index (Phi) is 7.58. The van der Waals surface area contributed by atoms with E-state index in [1.807, 2.05) is 50.2 Å². The number of benzene rings is 2. The van der Waals surface area contributed by atoms with Crippen molar-refractivity contribution in [2.75, 3.05) is 29.6 Å². The minimum Gasteiger partial charge on any atom is -0.508 e. The lowest BCUT2D eigenvalue weighted by Crippen LogP contribution is -2.16. The summed E-state index contributed by atoms with van der Waals surface area (Å²) >= 11 is 0. The summed E-state index contributed by atoms with van der Waals surface area (Å²) in [4.78, 5) is 26.9. The van der Waals surface area contributed by atoms with Crippen molar-refractivity contribution >= 4 is 28.9 Å². The van der Waals surface area contributed by atoms with E-state index in [-0.39, 0.29) is 17.2 Å². The maximum absolute atomic E-state index is 12.6. The van der Waals surface area contributed by atoms with Crippen molar-refractivity contribution in [2.45, 2.75) is 13.8 Å². The Morgan fingerprint density at radius 1 is 1.07 bits per heavy atom. The van der Waals surface area contributed by atoms with Crippen molar-refractivity contribution in [1.82, 2.24) is 0 Å². The van der Waals surface area contributed by atoms with Gasteiger partial charge in [-0.25, -0.2) is 0 Å². The molecule has 6 heteroatoms. The minimum absolute atomic E-state index is 0.0446. The highest BCUT2D eigenvalue weighted by atomic mass is 16.3. The van der Waals surface area contributed by atoms with E-state index in [1.165, 1.54) is 18.2 Å². The number of aliphatic hydroxyl groups excluding tert-OH is 1. The quantitative estimate of drug-likeness (QED) is 0.350. The highest BCUT2D eigenvalue weighted by molar-refractivity contribution is 6.07. The van der Waals surface area contributed by atoms with Crippen LogP contribution in [0.4, 0.5) is 17.1 Å². The van der Waals surface area contributed by atoms with E-state index in [0.29, 0.717) is 16.9 Å². The third-order valence-electron chi connectivity index (χ3n) is 4.41. The lowest BCUT2D eigenvalue weighted by molar-refractivity contribution is -0.112. The van der Waals surface area contributed by atoms with Crippen LogP contribution in [0.2, 0.25) is 0 Å². The molecule has 0 aliphatic rings. The van der Waals surface area contributed by atoms with Gasteiger partial charge in [0.1, 0.15) is 5.76 Å². The number of hydrogen-bond donors (Lipinski definition) is 3. The van der Waals surface area contributed by atoms with Gasteiger partial charge in [0, 0.05) is 42.3 Å². The maximum Gasteiger partial charge on any atom is 0.255 e. The Morgan fingerprint density at radius 3 is 2.47 bits per heavy atom. The van der Waals surface area contributed by atoms with Gasteiger partial charge in [-0.1, -0.05) is 18.7 Å². The molecule has 0 radical (unpaired) electrons. The van der Waals surface area contributed by atoms with Gasteiger partial charge >= 0.3 is 0 Å². The number of carbonyl (C=O) groups excluding carboxylic acids is 2. The van der Waals surface area contributed by atoms with Crippen LogP contribution in [0.15, 0.2) is 78.6 Å². The van der Waals surface area contributed by atoms with Crippen LogP contribution in [0, 0.1) is 6.92 Å². The minimum atomic E-state index is -0.402. The molecular weight excluding hydrogens is 378 g/mol. The molecule has 0 saturated carbocycles. The number of nitrogens with one attached hydrogen (secondary N) is 2. The summed E-state index contributed by atoms with van der Waals surface area (Å²) in [5.41, 5.74) is 3.61. The first-order valence-electron chi connectivity index (χ1n) is 9.44. The van der Waals surface area contributed by atoms with Crippen LogP contribution >= 0.6 is 0 Å². The fourth-order valence-corrected chi connectivity index (χ4v) is 2.52. The summed E-state index contributed by atoms with van der Waals surface area (Å²) in [5.74, 6) is -0.599. The van der Waals surface area contributed by atoms with E-state index in [9.17, 15) is 14.7 Å². The molecule has 0 atom stereocenters. The molecule has 0 aliphatic heterocycles. The summed E-state index contributed by atoms with van der Waals surface area (Å²) in [6, 6.07) is 12.6. The predicted octanol–water partition coefficient (Wildman–Crippen LogP) is 4.83. The van der Waals surface area contributed by atoms with Gasteiger partial charge in [0.15, 0.2) is 0 Å². The molecule has 0 aromatic heterocycles. The van der Waals surface area contributed by atoms with Crippen molar-refractivity contribution in [3.05, 3.63) is 89.7 Å². The molecule has 0 spiro atoms. The molecule has 6 nitrogen and oxygen atoms in total. The average molecular weight is 405 g/mol. The second-order valence-corrected chi connectivity index (χ2v) is 6.95. The van der Waals surface area contributed by atoms with E-state index in [1.54, 1.807) is 25.1 Å². The van der Waals surface area contributed by atoms with Crippen LogP contribution in [0.5, 0.6) is 0 Å². The van der Waals surface area contributed by atoms with Crippen LogP contribution in [0.1, 0.15) is 22.8 Å². The number of anilines is 3. The number of rotatable bonds is 7. The first kappa shape index (κ1) is 22.5. The fraction of sp³-hybridized carbons (Fsp3) is 0.167. The summed E-state index contributed by atoms with van der Waals surface area (Å²) < 4.78 is 0. The number of aryl methyl sites for hydroxylation is 1. The van der Waals surface area contributed by atoms with Crippen molar-refractivity contribution in [2.24, 2.45) is 0 Å². The zero-order valence-corrected chi connectivity index (χ0v) is 17.7. The Bertz CT molecular complexity index is 1020. The van der Waals surface area contributed by atoms with Crippen molar-refractivity contribution in [3.8, 4) is 0 Å². The largest absolute Gasteiger partial charge is 0.508 e. The molecule has 0 saturated heterocycles. The molecule has 0 bridgehead atoms. The SMILES string of the molecule is C=C(/C=C\C(O)=C/C)C(=O)Nc1cc(NC(=O)c2cccc(N(C)C)c2)ccc1C. The second-order valence-electron chi connectivity index (χ2n) is 6.95. The van der Waals surface area contributed by atoms with Crippen LogP contribution in [0.3, 0.4) is 0 Å². The van der Waals surface area contributed by atoms with E-state index in [0.717, 1.165) is 11.3 Å². The third kappa shape index (κ3) is 6.10. The summed E-state index contributed by atoms with van der Waals surface area (Å²) in [6.07, 6.45) is 4.34. The van der Waals surface area contributed by atoms with Gasteiger partial charge in [-0.3, -0.25) is 9.59 Å². The number of carbonyl (C=O) groups is 2. The molecule has 2 aromatic rings. The standard InChI is InChI=1S/C24H27N3O3/c1-6-21(28)13-11-17(3)23(29)26-22-15-19(12-10-16(22)2)25-24(30)18-8-7-9-20(14-18)27(4)5/h6-15,28H,3H2,1-2,4-5H3,(H,25,30)(H,26,29)/b13-11-,21-6+. The molecule has 2 amide bonds. The topological polar surface area (TPSA) is 81.7 Å². The molecule has 3 N–H and O–H groups in total. The number of amides is 2. The monoisotopic (exact) mass is 405 g/mol. The van der Waals surface area contributed by atoms with Gasteiger partial charge in [-0.15, -0.1) is 0 Å². The Hall–Kier alpha value is -3.80. The molecule has 0 fully saturated rings. The molecule has 2 rings (SSSR count). The van der Waals surface area contributed by atoms with Crippen molar-refractivity contribution in [1.29, 1.82) is 0 Å². The van der Waals surface area contributed by atoms with E-state index < -0.39 is 5.91 Å². The maximum atomic E-state index is 12.6. The third-order valence-corrected chi connectivity index (χ3v) is 4.41. The lowest BCUT2D eigenvalue weighted by Gasteiger charge is -2.14. The number of allylic oxidation sites excluding steroid dienone is 2. The zero-order chi connectivity index (χ0) is 22.3. The smallest absolute Gasteiger partial charge is 0.255 e. The van der Waals surface area contributed by atoms with Crippen LogP contribution in [-0.2, 0) is 4.79 Å². The summed E-state index contributed by atoms with van der Waals surface area (Å²) in [5, 5.41) is 15.1. The second kappa shape index (κ2) is 10.1. The van der Waals surface area contributed by atoms with E-state index in [4.69, 9.17) is 0 Å². The van der Waals surface area contributed by atoms with E-state index >= 15 is 0 Å². The Labute approximate surface area is 177 Å². The van der Waals surface area contributed by atoms with Crippen molar-refractivity contribution in [3.63, 3.8) is 0 Å². The van der Waals surface area contributed by atoms with Gasteiger partial charge in [-0.05, 0) is 68.0 Å². The number of nitrogens with zero attached hydrogens (tertiary/aromatic N) is 1. The van der Waals surface area contributed by atoms with Gasteiger partial charge < -0.3 is 20.6 Å². The van der Waals surface area contributed by atoms with Gasteiger partial charge in [0.2, 0.25) is 0 Å². The summed E-state index contributed by atoms with van der Waals surface area (Å²) in [6.45, 7) is 7.24. The van der Waals surface area contributed by atoms with E-state index in [2.05, 4.69) is 17.2 Å². The molecule has 2 aromatic carbocycles. The highest BCUT2D eigenvalue weighted by Crippen LogP contribution is 2.22. The molecule has 0 heterocycles. The molecule has 0 unspecified atom stereocenters. The summed E-state index contributed by atoms with van der Waals surface area (Å²) in [7, 11) is 3.82. The van der Waals surface area contributed by atoms with Gasteiger partial charge in [-0.2, -0.15) is 0 Å². The first-order valence-corrected chi connectivity index (χ1v) is 9.44. The first-order chi connectivity index (χ1) is 14.2. The molecule has 0 aliphatic carbocycles. The van der Waals surface area contributed by atoms with Gasteiger partial charge in [0.25, 0.3) is 11.8 Å². The Balaban J connectivity index is 2.14. The fourth-order valence-electron chi connectivity index (χ4n) is 2.52. The van der Waals surface area contributed by atoms with Crippen molar-refractivity contribution < 1.29 is 14.7 Å². The number of aliphatic hydroxyl groups is 1. The lowest BCUT2D eigenvalue weighted by atomic mass is 10.1. The highest BCUT2D eigenvalue weighted by Gasteiger charge is 2.11. The zero-order valence-electron chi connectivity index (χ0n) is 17.7. The normalized spacial score (nSPS) is 11.3. The average Bonchev–Trinajstić information content (AvgIpc) is 2.73. The molecule has 156 valence electrons. The van der Waals surface area contributed by atoms with Crippen LogP contribution < -0.4 is 15.5 Å². The van der Waals surface area contributed by atoms with Crippen LogP contribution in [0.25, 0.3) is 0 Å². The van der Waals surface area contributed by atoms with Gasteiger partial charge in [0.05, 0.1) is 0 Å². The van der Waals surface area contributed by atoms with Crippen LogP contribution in [-0.4, -0.2) is 31.0 Å². The number of hydrogen-bond acceptors (Lipinski definition) is 4. The molecular formula is C24H27N3O3.